The van der Waals surface area contributed by atoms with Gasteiger partial charge in [-0.15, -0.1) is 0 Å². The number of hydrogen-bond donors (Lipinski definition) is 3. The molecule has 0 saturated carbocycles. The molecule has 0 aliphatic carbocycles. The number of fused-ring (bicyclic) bond motifs is 1. The number of aromatic nitrogens is 3. The smallest absolute Gasteiger partial charge is 0.278 e. The monoisotopic (exact) mass is 437 g/mol. The molecule has 30 heavy (non-hydrogen) atoms. The number of nitrogens with two attached hydrogens (primary N) is 1. The molecule has 1 aliphatic rings. The quantitative estimate of drug-likeness (QED) is 0.492. The third kappa shape index (κ3) is 5.44. The second-order valence-corrected chi connectivity index (χ2v) is 8.70. The van der Waals surface area contributed by atoms with Crippen LogP contribution in [0.15, 0.2) is 17.1 Å². The van der Waals surface area contributed by atoms with Crippen LogP contribution in [0.2, 0.25) is 0 Å². The zero-order valence-electron chi connectivity index (χ0n) is 17.0. The molecular weight excluding hydrogens is 409 g/mol. The molecule has 11 heteroatoms. The van der Waals surface area contributed by atoms with Crippen molar-refractivity contribution >= 4 is 30.9 Å². The highest BCUT2D eigenvalue weighted by Gasteiger charge is 2.24. The lowest BCUT2D eigenvalue weighted by atomic mass is 9.94. The summed E-state index contributed by atoms with van der Waals surface area (Å²) in [6.07, 6.45) is 5.25. The molecule has 0 aromatic carbocycles. The van der Waals surface area contributed by atoms with Crippen LogP contribution in [0.3, 0.4) is 0 Å². The Bertz CT molecular complexity index is 943. The van der Waals surface area contributed by atoms with Crippen LogP contribution in [0.5, 0.6) is 5.88 Å². The first-order chi connectivity index (χ1) is 14.4. The number of aryl methyl sites for hydroxylation is 1. The van der Waals surface area contributed by atoms with Gasteiger partial charge in [0, 0.05) is 43.7 Å². The third-order valence-corrected chi connectivity index (χ3v) is 6.10. The number of anilines is 1. The first-order valence-electron chi connectivity index (χ1n) is 10.0. The molecule has 0 spiro atoms. The molecule has 3 rings (SSSR count). The lowest BCUT2D eigenvalue weighted by Crippen LogP contribution is -2.36. The van der Waals surface area contributed by atoms with Gasteiger partial charge in [0.15, 0.2) is 8.38 Å². The molecule has 10 nitrogen and oxygen atoms in total. The van der Waals surface area contributed by atoms with Crippen LogP contribution in [-0.4, -0.2) is 56.8 Å². The summed E-state index contributed by atoms with van der Waals surface area (Å²) in [6, 6.07) is 1.69. The number of methoxy groups -OCH3 is 1. The molecule has 1 fully saturated rings. The largest absolute Gasteiger partial charge is 0.481 e. The van der Waals surface area contributed by atoms with Crippen LogP contribution in [0.1, 0.15) is 32.1 Å². The number of piperidine rings is 1. The van der Waals surface area contributed by atoms with Crippen LogP contribution in [0.25, 0.3) is 10.8 Å². The van der Waals surface area contributed by atoms with Crippen molar-refractivity contribution < 1.29 is 19.3 Å². The Hall–Kier alpha value is -2.29. The predicted molar refractivity (Wildman–Crippen MR) is 115 cm³/mol. The van der Waals surface area contributed by atoms with E-state index in [0.29, 0.717) is 47.5 Å². The van der Waals surface area contributed by atoms with E-state index in [1.165, 1.54) is 11.8 Å². The average molecular weight is 437 g/mol. The van der Waals surface area contributed by atoms with E-state index in [2.05, 4.69) is 15.0 Å². The van der Waals surface area contributed by atoms with E-state index < -0.39 is 14.3 Å². The van der Waals surface area contributed by atoms with Gasteiger partial charge in [-0.25, -0.2) is 4.68 Å². The second-order valence-electron chi connectivity index (χ2n) is 7.51. The lowest BCUT2D eigenvalue weighted by molar-refractivity contribution is -0.118. The van der Waals surface area contributed by atoms with Crippen molar-refractivity contribution in [2.75, 3.05) is 31.3 Å². The maximum Gasteiger partial charge on any atom is 0.278 e. The molecule has 1 aliphatic heterocycles. The lowest BCUT2D eigenvalue weighted by Gasteiger charge is -2.33. The zero-order valence-corrected chi connectivity index (χ0v) is 17.9. The van der Waals surface area contributed by atoms with Crippen molar-refractivity contribution in [2.45, 2.75) is 38.6 Å². The molecule has 1 amide bonds. The van der Waals surface area contributed by atoms with Crippen LogP contribution >= 0.6 is 8.38 Å². The Morgan fingerprint density at radius 1 is 1.37 bits per heavy atom. The SMILES string of the molecule is COc1cc2cnn(CCCC(N)=O)c(=O)c2c(N2CCC(CCP(O)O)CC2)n1. The van der Waals surface area contributed by atoms with Crippen LogP contribution in [0.4, 0.5) is 5.82 Å². The summed E-state index contributed by atoms with van der Waals surface area (Å²) >= 11 is 0. The number of carbonyl (C=O) groups excluding carboxylic acids is 1. The minimum Gasteiger partial charge on any atom is -0.481 e. The highest BCUT2D eigenvalue weighted by molar-refractivity contribution is 7.45. The van der Waals surface area contributed by atoms with Gasteiger partial charge >= 0.3 is 0 Å². The van der Waals surface area contributed by atoms with Gasteiger partial charge in [0.1, 0.15) is 5.82 Å². The van der Waals surface area contributed by atoms with Gasteiger partial charge in [-0.05, 0) is 31.6 Å². The van der Waals surface area contributed by atoms with Crippen molar-refractivity contribution in [1.82, 2.24) is 14.8 Å². The van der Waals surface area contributed by atoms with E-state index >= 15 is 0 Å². The summed E-state index contributed by atoms with van der Waals surface area (Å²) in [4.78, 5) is 49.1. The summed E-state index contributed by atoms with van der Waals surface area (Å²) in [5.41, 5.74) is 4.93. The minimum absolute atomic E-state index is 0.192. The first-order valence-corrected chi connectivity index (χ1v) is 11.5. The Balaban J connectivity index is 1.87. The van der Waals surface area contributed by atoms with Gasteiger partial charge in [0.05, 0.1) is 18.7 Å². The van der Waals surface area contributed by atoms with Crippen LogP contribution in [-0.2, 0) is 11.3 Å². The number of rotatable bonds is 9. The molecule has 2 aromatic heterocycles. The van der Waals surface area contributed by atoms with Crippen molar-refractivity contribution in [3.05, 3.63) is 22.6 Å². The number of amides is 1. The molecule has 0 atom stereocenters. The van der Waals surface area contributed by atoms with Crippen molar-refractivity contribution in [1.29, 1.82) is 0 Å². The van der Waals surface area contributed by atoms with Crippen LogP contribution < -0.4 is 20.9 Å². The second kappa shape index (κ2) is 10.1. The highest BCUT2D eigenvalue weighted by Crippen LogP contribution is 2.33. The van der Waals surface area contributed by atoms with E-state index in [1.54, 1.807) is 12.3 Å². The number of carbonyl (C=O) groups is 1. The fraction of sp³-hybridized carbons (Fsp3) is 0.579. The molecule has 2 aromatic rings. The van der Waals surface area contributed by atoms with E-state index in [1.807, 2.05) is 0 Å². The van der Waals surface area contributed by atoms with Gasteiger partial charge in [0.25, 0.3) is 5.56 Å². The number of ether oxygens (including phenoxy) is 1. The molecule has 1 saturated heterocycles. The molecule has 164 valence electrons. The van der Waals surface area contributed by atoms with Crippen molar-refractivity contribution in [2.24, 2.45) is 11.7 Å². The Morgan fingerprint density at radius 3 is 2.73 bits per heavy atom. The van der Waals surface area contributed by atoms with Gasteiger partial charge in [-0.2, -0.15) is 10.1 Å². The zero-order chi connectivity index (χ0) is 21.7. The fourth-order valence-corrected chi connectivity index (χ4v) is 4.38. The molecule has 3 heterocycles. The Morgan fingerprint density at radius 2 is 2.10 bits per heavy atom. The number of hydrogen-bond acceptors (Lipinski definition) is 8. The summed E-state index contributed by atoms with van der Waals surface area (Å²) in [5, 5.41) is 5.36. The van der Waals surface area contributed by atoms with Gasteiger partial charge in [-0.1, -0.05) is 0 Å². The fourth-order valence-electron chi connectivity index (χ4n) is 3.79. The summed E-state index contributed by atoms with van der Waals surface area (Å²) in [5.74, 6) is 1.01. The molecule has 4 N–H and O–H groups in total. The number of nitrogens with zero attached hydrogens (tertiary/aromatic N) is 4. The van der Waals surface area contributed by atoms with E-state index in [-0.39, 0.29) is 12.0 Å². The predicted octanol–water partition coefficient (Wildman–Crippen LogP) is 0.969. The molecular formula is C19H28N5O5P. The minimum atomic E-state index is -1.85. The van der Waals surface area contributed by atoms with Gasteiger partial charge in [0.2, 0.25) is 11.8 Å². The summed E-state index contributed by atoms with van der Waals surface area (Å²) in [7, 11) is -0.318. The van der Waals surface area contributed by atoms with Crippen molar-refractivity contribution in [3.8, 4) is 5.88 Å². The highest BCUT2D eigenvalue weighted by atomic mass is 31.2. The summed E-state index contributed by atoms with van der Waals surface area (Å²) < 4.78 is 6.67. The van der Waals surface area contributed by atoms with Gasteiger partial charge < -0.3 is 25.2 Å². The number of pyridine rings is 1. The van der Waals surface area contributed by atoms with E-state index in [9.17, 15) is 9.59 Å². The van der Waals surface area contributed by atoms with E-state index in [0.717, 1.165) is 32.4 Å². The van der Waals surface area contributed by atoms with E-state index in [4.69, 9.17) is 20.3 Å². The first kappa shape index (κ1) is 22.4. The maximum absolute atomic E-state index is 13.1. The topological polar surface area (TPSA) is 144 Å². The van der Waals surface area contributed by atoms with Gasteiger partial charge in [-0.3, -0.25) is 9.59 Å². The normalized spacial score (nSPS) is 15.1. The average Bonchev–Trinajstić information content (AvgIpc) is 2.73. The maximum atomic E-state index is 13.1. The Labute approximate surface area is 175 Å². The Kier molecular flexibility index (Phi) is 7.58. The summed E-state index contributed by atoms with van der Waals surface area (Å²) in [6.45, 7) is 1.74. The molecule has 0 unspecified atom stereocenters. The standard InChI is InChI=1S/C19H28N5O5P/c1-29-16-11-14-12-21-24(7-2-3-15(20)25)19(26)17(14)18(22-16)23-8-4-13(5-9-23)6-10-30(27)28/h11-13,27-28H,2-10H2,1H3,(H2,20,25). The van der Waals surface area contributed by atoms with Crippen molar-refractivity contribution in [3.63, 3.8) is 0 Å². The molecule has 0 bridgehead atoms. The molecule has 0 radical (unpaired) electrons. The number of primary amides is 1. The third-order valence-electron chi connectivity index (χ3n) is 5.45. The van der Waals surface area contributed by atoms with Crippen LogP contribution in [0, 0.1) is 5.92 Å².